The Morgan fingerprint density at radius 1 is 1.03 bits per heavy atom. The van der Waals surface area contributed by atoms with Crippen molar-refractivity contribution in [1.82, 2.24) is 0 Å². The van der Waals surface area contributed by atoms with Crippen molar-refractivity contribution < 1.29 is 24.1 Å². The largest absolute Gasteiger partial charge is 0.490 e. The summed E-state index contributed by atoms with van der Waals surface area (Å²) in [6, 6.07) is 23.8. The van der Waals surface area contributed by atoms with Crippen LogP contribution in [0.5, 0.6) is 11.5 Å². The maximum atomic E-state index is 11.3. The van der Waals surface area contributed by atoms with Gasteiger partial charge < -0.3 is 19.3 Å². The van der Waals surface area contributed by atoms with Crippen LogP contribution in [0.1, 0.15) is 29.2 Å². The lowest BCUT2D eigenvalue weighted by Crippen LogP contribution is -2.26. The first-order valence-electron chi connectivity index (χ1n) is 10.7. The summed E-state index contributed by atoms with van der Waals surface area (Å²) in [6.07, 6.45) is 1.56. The lowest BCUT2D eigenvalue weighted by atomic mass is 9.94. The third-order valence-corrected chi connectivity index (χ3v) is 5.39. The van der Waals surface area contributed by atoms with Gasteiger partial charge in [0.05, 0.1) is 0 Å². The number of fused-ring (bicyclic) bond motifs is 2. The Balaban J connectivity index is 1.49. The highest BCUT2D eigenvalue weighted by Crippen LogP contribution is 2.36. The number of carboxylic acids is 1. The Kier molecular flexibility index (Phi) is 6.87. The molecule has 5 nitrogen and oxygen atoms in total. The third-order valence-electron chi connectivity index (χ3n) is 5.39. The van der Waals surface area contributed by atoms with Gasteiger partial charge in [-0.2, -0.15) is 0 Å². The van der Waals surface area contributed by atoms with E-state index >= 15 is 0 Å². The second-order valence-electron chi connectivity index (χ2n) is 7.50. The summed E-state index contributed by atoms with van der Waals surface area (Å²) < 4.78 is 17.3. The zero-order chi connectivity index (χ0) is 22.3. The van der Waals surface area contributed by atoms with E-state index < -0.39 is 12.1 Å². The summed E-state index contributed by atoms with van der Waals surface area (Å²) in [7, 11) is 0. The first kappa shape index (κ1) is 21.7. The van der Waals surface area contributed by atoms with Crippen LogP contribution in [0, 0.1) is 0 Å². The molecule has 0 saturated heterocycles. The van der Waals surface area contributed by atoms with Crippen molar-refractivity contribution in [3.63, 3.8) is 0 Å². The third kappa shape index (κ3) is 5.01. The number of rotatable bonds is 8. The van der Waals surface area contributed by atoms with Crippen molar-refractivity contribution in [2.75, 3.05) is 13.2 Å². The normalized spacial score (nSPS) is 14.6. The van der Waals surface area contributed by atoms with Crippen LogP contribution in [0.4, 0.5) is 0 Å². The van der Waals surface area contributed by atoms with Gasteiger partial charge in [0.15, 0.2) is 6.10 Å². The van der Waals surface area contributed by atoms with Crippen molar-refractivity contribution in [3.8, 4) is 11.5 Å². The minimum absolute atomic E-state index is 0.321. The van der Waals surface area contributed by atoms with Gasteiger partial charge in [0.2, 0.25) is 0 Å². The van der Waals surface area contributed by atoms with Crippen LogP contribution < -0.4 is 9.47 Å². The Morgan fingerprint density at radius 2 is 1.75 bits per heavy atom. The molecular weight excluding hydrogens is 404 g/mol. The minimum atomic E-state index is -0.952. The van der Waals surface area contributed by atoms with E-state index in [2.05, 4.69) is 24.3 Å². The van der Waals surface area contributed by atoms with Gasteiger partial charge in [0, 0.05) is 18.6 Å². The van der Waals surface area contributed by atoms with Crippen LogP contribution in [-0.2, 0) is 22.6 Å². The number of aliphatic carboxylic acids is 1. The molecule has 1 N–H and O–H groups in total. The van der Waals surface area contributed by atoms with Gasteiger partial charge in [-0.3, -0.25) is 0 Å². The van der Waals surface area contributed by atoms with E-state index in [-0.39, 0.29) is 0 Å². The zero-order valence-corrected chi connectivity index (χ0v) is 18.0. The summed E-state index contributed by atoms with van der Waals surface area (Å²) in [4.78, 5) is 11.3. The Morgan fingerprint density at radius 3 is 2.50 bits per heavy atom. The average molecular weight is 431 g/mol. The van der Waals surface area contributed by atoms with Gasteiger partial charge in [0.1, 0.15) is 24.7 Å². The van der Waals surface area contributed by atoms with Crippen LogP contribution in [0.25, 0.3) is 5.57 Å². The molecular formula is C27H26O5. The van der Waals surface area contributed by atoms with E-state index in [1.807, 2.05) is 54.6 Å². The van der Waals surface area contributed by atoms with Crippen molar-refractivity contribution in [2.45, 2.75) is 26.1 Å². The monoisotopic (exact) mass is 430 g/mol. The molecule has 1 aliphatic heterocycles. The highest BCUT2D eigenvalue weighted by atomic mass is 16.5. The Labute approximate surface area is 187 Å². The van der Waals surface area contributed by atoms with Crippen molar-refractivity contribution in [3.05, 3.63) is 101 Å². The van der Waals surface area contributed by atoms with E-state index in [0.29, 0.717) is 26.2 Å². The standard InChI is InChI=1S/C27H26O5/c1-2-30-26(27(28)29)17-19-11-13-21(14-12-19)31-16-15-23-22-8-4-3-7-20(22)18-32-25-10-6-5-9-24(23)25/h3-15,26H,2,16-18H2,1H3,(H,28,29)/b23-15-. The number of hydrogen-bond acceptors (Lipinski definition) is 4. The molecule has 0 fully saturated rings. The molecule has 0 bridgehead atoms. The van der Waals surface area contributed by atoms with Crippen molar-refractivity contribution >= 4 is 11.5 Å². The van der Waals surface area contributed by atoms with Gasteiger partial charge in [-0.1, -0.05) is 54.6 Å². The first-order chi connectivity index (χ1) is 15.7. The molecule has 32 heavy (non-hydrogen) atoms. The predicted molar refractivity (Wildman–Crippen MR) is 123 cm³/mol. The Bertz CT molecular complexity index is 1050. The highest BCUT2D eigenvalue weighted by molar-refractivity contribution is 5.85. The topological polar surface area (TPSA) is 65.0 Å². The molecule has 0 amide bonds. The van der Waals surface area contributed by atoms with Crippen LogP contribution in [0.15, 0.2) is 78.9 Å². The van der Waals surface area contributed by atoms with E-state index in [4.69, 9.17) is 14.2 Å². The summed E-state index contributed by atoms with van der Waals surface area (Å²) in [5, 5.41) is 9.25. The highest BCUT2D eigenvalue weighted by Gasteiger charge is 2.19. The van der Waals surface area contributed by atoms with E-state index in [1.165, 1.54) is 0 Å². The van der Waals surface area contributed by atoms with Gasteiger partial charge in [-0.25, -0.2) is 4.79 Å². The molecule has 0 aliphatic carbocycles. The molecule has 0 spiro atoms. The van der Waals surface area contributed by atoms with Gasteiger partial charge in [-0.05, 0) is 53.5 Å². The fraction of sp³-hybridized carbons (Fsp3) is 0.222. The van der Waals surface area contributed by atoms with Crippen LogP contribution in [0.3, 0.4) is 0 Å². The number of hydrogen-bond donors (Lipinski definition) is 1. The summed E-state index contributed by atoms with van der Waals surface area (Å²) in [5.41, 5.74) is 5.31. The number of carboxylic acid groups (broad SMARTS) is 1. The van der Waals surface area contributed by atoms with Crippen LogP contribution >= 0.6 is 0 Å². The Hall–Kier alpha value is -3.57. The average Bonchev–Trinajstić information content (AvgIpc) is 2.97. The summed E-state index contributed by atoms with van der Waals surface area (Å²) >= 11 is 0. The second-order valence-corrected chi connectivity index (χ2v) is 7.50. The van der Waals surface area contributed by atoms with Crippen molar-refractivity contribution in [1.29, 1.82) is 0 Å². The van der Waals surface area contributed by atoms with Gasteiger partial charge >= 0.3 is 5.97 Å². The van der Waals surface area contributed by atoms with E-state index in [0.717, 1.165) is 39.3 Å². The first-order valence-corrected chi connectivity index (χ1v) is 10.7. The second kappa shape index (κ2) is 10.2. The van der Waals surface area contributed by atoms with Gasteiger partial charge in [0.25, 0.3) is 0 Å². The van der Waals surface area contributed by atoms with E-state index in [9.17, 15) is 9.90 Å². The van der Waals surface area contributed by atoms with Crippen LogP contribution in [-0.4, -0.2) is 30.4 Å². The number of benzene rings is 3. The smallest absolute Gasteiger partial charge is 0.333 e. The molecule has 4 rings (SSSR count). The summed E-state index contributed by atoms with van der Waals surface area (Å²) in [5.74, 6) is 0.633. The fourth-order valence-corrected chi connectivity index (χ4v) is 3.82. The summed E-state index contributed by atoms with van der Waals surface area (Å²) in [6.45, 7) is 3.09. The van der Waals surface area contributed by atoms with Gasteiger partial charge in [-0.15, -0.1) is 0 Å². The number of para-hydroxylation sites is 1. The maximum Gasteiger partial charge on any atom is 0.333 e. The minimum Gasteiger partial charge on any atom is -0.490 e. The lowest BCUT2D eigenvalue weighted by molar-refractivity contribution is -0.149. The molecule has 0 saturated carbocycles. The maximum absolute atomic E-state index is 11.3. The zero-order valence-electron chi connectivity index (χ0n) is 18.0. The quantitative estimate of drug-likeness (QED) is 0.537. The number of ether oxygens (including phenoxy) is 3. The molecule has 1 atom stereocenters. The molecule has 1 heterocycles. The molecule has 5 heteroatoms. The number of carbonyl (C=O) groups is 1. The molecule has 3 aromatic carbocycles. The molecule has 1 unspecified atom stereocenters. The van der Waals surface area contributed by atoms with Crippen LogP contribution in [0.2, 0.25) is 0 Å². The van der Waals surface area contributed by atoms with E-state index in [1.54, 1.807) is 6.92 Å². The fourth-order valence-electron chi connectivity index (χ4n) is 3.82. The molecule has 3 aromatic rings. The molecule has 0 aromatic heterocycles. The molecule has 1 aliphatic rings. The lowest BCUT2D eigenvalue weighted by Gasteiger charge is -2.13. The molecule has 164 valence electrons. The molecule has 0 radical (unpaired) electrons. The predicted octanol–water partition coefficient (Wildman–Crippen LogP) is 5.12. The SMILES string of the molecule is CCOC(Cc1ccc(OC/C=C2/c3ccccc3COc3ccccc32)cc1)C(=O)O. The van der Waals surface area contributed by atoms with Crippen molar-refractivity contribution in [2.24, 2.45) is 0 Å².